The van der Waals surface area contributed by atoms with Gasteiger partial charge in [-0.2, -0.15) is 0 Å². The van der Waals surface area contributed by atoms with Crippen LogP contribution in [0.4, 0.5) is 4.39 Å². The molecule has 1 aromatic carbocycles. The van der Waals surface area contributed by atoms with Gasteiger partial charge in [0.1, 0.15) is 5.82 Å². The van der Waals surface area contributed by atoms with E-state index in [0.717, 1.165) is 17.5 Å². The molecule has 0 saturated heterocycles. The molecule has 2 rings (SSSR count). The van der Waals surface area contributed by atoms with E-state index in [1.165, 1.54) is 18.9 Å². The first-order valence-electron chi connectivity index (χ1n) is 9.03. The Morgan fingerprint density at radius 1 is 1.08 bits per heavy atom. The third-order valence-corrected chi connectivity index (χ3v) is 4.39. The van der Waals surface area contributed by atoms with Gasteiger partial charge in [0, 0.05) is 18.7 Å². The molecule has 2 aromatic rings. The second-order valence-corrected chi connectivity index (χ2v) is 8.21. The Morgan fingerprint density at radius 3 is 2.31 bits per heavy atom. The topological polar surface area (TPSA) is 31.4 Å². The predicted octanol–water partition coefficient (Wildman–Crippen LogP) is 5.83. The molecule has 0 spiro atoms. The van der Waals surface area contributed by atoms with Crippen LogP contribution in [-0.2, 0) is 11.2 Å². The highest BCUT2D eigenvalue weighted by molar-refractivity contribution is 5.70. The first-order chi connectivity index (χ1) is 12.2. The number of methoxy groups -OCH3 is 2. The van der Waals surface area contributed by atoms with E-state index in [9.17, 15) is 4.39 Å². The van der Waals surface area contributed by atoms with E-state index in [1.807, 2.05) is 6.07 Å². The summed E-state index contributed by atoms with van der Waals surface area (Å²) in [5.41, 5.74) is 3.39. The van der Waals surface area contributed by atoms with Gasteiger partial charge in [0.2, 0.25) is 5.88 Å². The molecule has 0 radical (unpaired) electrons. The first kappa shape index (κ1) is 20.4. The lowest BCUT2D eigenvalue weighted by molar-refractivity contribution is 0.0155. The van der Waals surface area contributed by atoms with Gasteiger partial charge in [-0.1, -0.05) is 52.8 Å². The number of aromatic nitrogens is 1. The average Bonchev–Trinajstić information content (AvgIpc) is 2.55. The highest BCUT2D eigenvalue weighted by Gasteiger charge is 2.29. The van der Waals surface area contributed by atoms with E-state index >= 15 is 0 Å². The van der Waals surface area contributed by atoms with E-state index in [4.69, 9.17) is 9.47 Å². The zero-order chi connectivity index (χ0) is 19.5. The maximum Gasteiger partial charge on any atom is 0.213 e. The highest BCUT2D eigenvalue weighted by atomic mass is 19.1. The lowest BCUT2D eigenvalue weighted by Crippen LogP contribution is -2.21. The number of ether oxygens (including phenoxy) is 2. The summed E-state index contributed by atoms with van der Waals surface area (Å²) >= 11 is 0. The molecule has 0 bridgehead atoms. The van der Waals surface area contributed by atoms with Crippen molar-refractivity contribution < 1.29 is 13.9 Å². The van der Waals surface area contributed by atoms with Crippen molar-refractivity contribution in [2.45, 2.75) is 47.1 Å². The average molecular weight is 359 g/mol. The van der Waals surface area contributed by atoms with Crippen molar-refractivity contribution in [3.05, 3.63) is 47.4 Å². The van der Waals surface area contributed by atoms with Gasteiger partial charge in [-0.25, -0.2) is 9.37 Å². The summed E-state index contributed by atoms with van der Waals surface area (Å²) in [5.74, 6) is 0.567. The summed E-state index contributed by atoms with van der Waals surface area (Å²) in [6, 6.07) is 7.86. The molecular formula is C22H30FNO2. The number of halogens is 1. The second-order valence-electron chi connectivity index (χ2n) is 8.21. The van der Waals surface area contributed by atoms with Gasteiger partial charge in [-0.05, 0) is 34.4 Å². The van der Waals surface area contributed by atoms with Crippen LogP contribution in [-0.4, -0.2) is 19.2 Å². The Kier molecular flexibility index (Phi) is 6.40. The molecule has 26 heavy (non-hydrogen) atoms. The van der Waals surface area contributed by atoms with Crippen LogP contribution >= 0.6 is 0 Å². The second kappa shape index (κ2) is 8.17. The van der Waals surface area contributed by atoms with E-state index in [-0.39, 0.29) is 17.3 Å². The van der Waals surface area contributed by atoms with Gasteiger partial charge in [-0.3, -0.25) is 0 Å². The summed E-state index contributed by atoms with van der Waals surface area (Å²) in [5, 5.41) is 0. The third kappa shape index (κ3) is 4.61. The molecular weight excluding hydrogens is 329 g/mol. The third-order valence-electron chi connectivity index (χ3n) is 4.39. The van der Waals surface area contributed by atoms with Gasteiger partial charge in [-0.15, -0.1) is 0 Å². The Balaban J connectivity index is 2.69. The van der Waals surface area contributed by atoms with Gasteiger partial charge in [0.25, 0.3) is 0 Å². The Bertz CT molecular complexity index is 750. The zero-order valence-electron chi connectivity index (χ0n) is 16.9. The van der Waals surface area contributed by atoms with E-state index in [2.05, 4.69) is 51.7 Å². The van der Waals surface area contributed by atoms with Crippen molar-refractivity contribution in [3.8, 4) is 17.0 Å². The van der Waals surface area contributed by atoms with Gasteiger partial charge < -0.3 is 9.47 Å². The molecule has 0 aliphatic rings. The molecule has 1 atom stereocenters. The summed E-state index contributed by atoms with van der Waals surface area (Å²) in [6.45, 7) is 10.8. The molecule has 0 aliphatic heterocycles. The van der Waals surface area contributed by atoms with E-state index in [1.54, 1.807) is 13.2 Å². The van der Waals surface area contributed by atoms with Crippen molar-refractivity contribution in [2.75, 3.05) is 14.2 Å². The first-order valence-corrected chi connectivity index (χ1v) is 9.03. The van der Waals surface area contributed by atoms with Gasteiger partial charge >= 0.3 is 0 Å². The Labute approximate surface area is 156 Å². The Morgan fingerprint density at radius 2 is 1.77 bits per heavy atom. The summed E-state index contributed by atoms with van der Waals surface area (Å²) in [6.07, 6.45) is 2.01. The molecule has 0 saturated carbocycles. The van der Waals surface area contributed by atoms with Crippen LogP contribution in [0, 0.1) is 17.2 Å². The van der Waals surface area contributed by atoms with Crippen LogP contribution in [0.15, 0.2) is 30.5 Å². The number of rotatable bonds is 6. The van der Waals surface area contributed by atoms with E-state index < -0.39 is 0 Å². The Hall–Kier alpha value is -1.94. The normalized spacial score (nSPS) is 13.1. The maximum absolute atomic E-state index is 14.6. The van der Waals surface area contributed by atoms with Crippen LogP contribution in [0.3, 0.4) is 0 Å². The molecule has 1 aromatic heterocycles. The fourth-order valence-electron chi connectivity index (χ4n) is 3.36. The summed E-state index contributed by atoms with van der Waals surface area (Å²) in [7, 11) is 3.24. The molecule has 0 aliphatic carbocycles. The molecule has 142 valence electrons. The number of pyridine rings is 1. The largest absolute Gasteiger partial charge is 0.481 e. The van der Waals surface area contributed by atoms with Crippen molar-refractivity contribution in [1.82, 2.24) is 4.98 Å². The molecule has 0 fully saturated rings. The minimum Gasteiger partial charge on any atom is -0.481 e. The van der Waals surface area contributed by atoms with Crippen LogP contribution in [0.25, 0.3) is 11.1 Å². The predicted molar refractivity (Wildman–Crippen MR) is 104 cm³/mol. The molecule has 0 amide bonds. The monoisotopic (exact) mass is 359 g/mol. The number of nitrogens with zero attached hydrogens (tertiary/aromatic N) is 1. The molecule has 3 nitrogen and oxygen atoms in total. The fourth-order valence-corrected chi connectivity index (χ4v) is 3.36. The number of hydrogen-bond acceptors (Lipinski definition) is 3. The van der Waals surface area contributed by atoms with Gasteiger partial charge in [0.05, 0.1) is 19.4 Å². The van der Waals surface area contributed by atoms with Crippen molar-refractivity contribution in [3.63, 3.8) is 0 Å². The number of benzene rings is 1. The smallest absolute Gasteiger partial charge is 0.213 e. The van der Waals surface area contributed by atoms with E-state index in [0.29, 0.717) is 17.4 Å². The molecule has 0 unspecified atom stereocenters. The highest BCUT2D eigenvalue weighted by Crippen LogP contribution is 2.41. The van der Waals surface area contributed by atoms with Crippen molar-refractivity contribution in [1.29, 1.82) is 0 Å². The van der Waals surface area contributed by atoms with Crippen molar-refractivity contribution >= 4 is 0 Å². The standard InChI is InChI=1S/C22H30FNO2/c1-14(2)10-15-8-9-16(17-12-20(25-6)24-13-19(17)23)18(11-15)21(26-7)22(3,4)5/h8-9,11-14,21H,10H2,1-7H3/t21-/m0/s1. The lowest BCUT2D eigenvalue weighted by Gasteiger charge is -2.32. The zero-order valence-corrected chi connectivity index (χ0v) is 16.9. The fraction of sp³-hybridized carbons (Fsp3) is 0.500. The summed E-state index contributed by atoms with van der Waals surface area (Å²) < 4.78 is 25.6. The molecule has 0 N–H and O–H groups in total. The minimum atomic E-state index is -0.368. The SMILES string of the molecule is COc1cc(-c2ccc(CC(C)C)cc2[C@H](OC)C(C)(C)C)c(F)cn1. The minimum absolute atomic E-state index is 0.131. The number of hydrogen-bond donors (Lipinski definition) is 0. The quantitative estimate of drug-likeness (QED) is 0.650. The van der Waals surface area contributed by atoms with Crippen LogP contribution < -0.4 is 4.74 Å². The molecule has 4 heteroatoms. The van der Waals surface area contributed by atoms with Crippen LogP contribution in [0.2, 0.25) is 0 Å². The van der Waals surface area contributed by atoms with Crippen LogP contribution in [0.5, 0.6) is 5.88 Å². The molecule has 1 heterocycles. The summed E-state index contributed by atoms with van der Waals surface area (Å²) in [4.78, 5) is 3.95. The van der Waals surface area contributed by atoms with Crippen LogP contribution in [0.1, 0.15) is 51.8 Å². The van der Waals surface area contributed by atoms with Gasteiger partial charge in [0.15, 0.2) is 0 Å². The van der Waals surface area contributed by atoms with Crippen molar-refractivity contribution in [2.24, 2.45) is 11.3 Å². The lowest BCUT2D eigenvalue weighted by atomic mass is 9.80. The maximum atomic E-state index is 14.6.